The Morgan fingerprint density at radius 1 is 1.33 bits per heavy atom. The minimum absolute atomic E-state index is 0.545. The van der Waals surface area contributed by atoms with E-state index in [4.69, 9.17) is 11.6 Å². The number of rotatable bonds is 2. The molecule has 1 fully saturated rings. The van der Waals surface area contributed by atoms with E-state index in [1.807, 2.05) is 0 Å². The quantitative estimate of drug-likeness (QED) is 0.802. The normalized spacial score (nSPS) is 28.2. The molecular weight excluding hydrogens is 230 g/mol. The highest BCUT2D eigenvalue weighted by Gasteiger charge is 2.22. The Labute approximate surface area is 99.5 Å². The smallest absolute Gasteiger partial charge is 0.207 e. The largest absolute Gasteiger partial charge is 0.296 e. The molecule has 0 aromatic carbocycles. The first kappa shape index (κ1) is 11.3. The first-order chi connectivity index (χ1) is 7.13. The first-order valence-corrected chi connectivity index (χ1v) is 6.53. The molecule has 15 heavy (non-hydrogen) atoms. The van der Waals surface area contributed by atoms with Gasteiger partial charge in [0.15, 0.2) is 0 Å². The van der Waals surface area contributed by atoms with Crippen LogP contribution < -0.4 is 0 Å². The third-order valence-electron chi connectivity index (χ3n) is 2.75. The number of likely N-dealkylation sites (tertiary alicyclic amines) is 1. The number of hydrogen-bond donors (Lipinski definition) is 0. The maximum absolute atomic E-state index is 5.76. The van der Waals surface area contributed by atoms with Gasteiger partial charge in [-0.25, -0.2) is 0 Å². The molecule has 5 heteroatoms. The predicted octanol–water partition coefficient (Wildman–Crippen LogP) is 2.67. The fraction of sp³-hybridized carbons (Fsp3) is 0.800. The van der Waals surface area contributed by atoms with Gasteiger partial charge in [0.05, 0.1) is 6.54 Å². The molecule has 2 rings (SSSR count). The van der Waals surface area contributed by atoms with E-state index in [-0.39, 0.29) is 0 Å². The SMILES string of the molecule is CC1CC(C)CN(Cc2nnc(Cl)s2)C1. The van der Waals surface area contributed by atoms with Crippen molar-refractivity contribution in [2.75, 3.05) is 13.1 Å². The second-order valence-corrected chi connectivity index (χ2v) is 6.23. The van der Waals surface area contributed by atoms with Crippen molar-refractivity contribution in [3.63, 3.8) is 0 Å². The van der Waals surface area contributed by atoms with Crippen LogP contribution in [0.5, 0.6) is 0 Å². The molecule has 0 saturated carbocycles. The summed E-state index contributed by atoms with van der Waals surface area (Å²) in [7, 11) is 0. The van der Waals surface area contributed by atoms with Crippen LogP contribution in [0.3, 0.4) is 0 Å². The highest BCUT2D eigenvalue weighted by Crippen LogP contribution is 2.24. The molecule has 84 valence electrons. The summed E-state index contributed by atoms with van der Waals surface area (Å²) < 4.78 is 0.545. The van der Waals surface area contributed by atoms with Gasteiger partial charge in [-0.3, -0.25) is 4.90 Å². The summed E-state index contributed by atoms with van der Waals surface area (Å²) in [6.45, 7) is 7.87. The molecule has 1 aliphatic heterocycles. The van der Waals surface area contributed by atoms with Crippen molar-refractivity contribution in [3.05, 3.63) is 9.47 Å². The third kappa shape index (κ3) is 3.13. The van der Waals surface area contributed by atoms with Crippen molar-refractivity contribution in [2.45, 2.75) is 26.8 Å². The standard InChI is InChI=1S/C10H16ClN3S/c1-7-3-8(2)5-14(4-7)6-9-12-13-10(11)15-9/h7-8H,3-6H2,1-2H3. The van der Waals surface area contributed by atoms with E-state index in [0.29, 0.717) is 4.47 Å². The Morgan fingerprint density at radius 2 is 2.00 bits per heavy atom. The van der Waals surface area contributed by atoms with Crippen molar-refractivity contribution in [3.8, 4) is 0 Å². The summed E-state index contributed by atoms with van der Waals surface area (Å²) in [4.78, 5) is 2.45. The molecule has 0 bridgehead atoms. The van der Waals surface area contributed by atoms with Gasteiger partial charge in [0.1, 0.15) is 5.01 Å². The van der Waals surface area contributed by atoms with Gasteiger partial charge in [-0.05, 0) is 29.9 Å². The molecule has 0 radical (unpaired) electrons. The minimum Gasteiger partial charge on any atom is -0.296 e. The molecular formula is C10H16ClN3S. The van der Waals surface area contributed by atoms with Crippen LogP contribution in [0.15, 0.2) is 0 Å². The zero-order valence-electron chi connectivity index (χ0n) is 9.11. The molecule has 3 nitrogen and oxygen atoms in total. The van der Waals surface area contributed by atoms with Crippen LogP contribution >= 0.6 is 22.9 Å². The summed E-state index contributed by atoms with van der Waals surface area (Å²) in [6.07, 6.45) is 1.34. The number of halogens is 1. The van der Waals surface area contributed by atoms with E-state index in [1.165, 1.54) is 30.8 Å². The summed E-state index contributed by atoms with van der Waals surface area (Å²) in [5.41, 5.74) is 0. The lowest BCUT2D eigenvalue weighted by atomic mass is 9.92. The van der Waals surface area contributed by atoms with Gasteiger partial charge in [-0.1, -0.05) is 25.2 Å². The van der Waals surface area contributed by atoms with Crippen LogP contribution in [0.25, 0.3) is 0 Å². The van der Waals surface area contributed by atoms with Crippen LogP contribution in [-0.2, 0) is 6.54 Å². The second kappa shape index (κ2) is 4.76. The monoisotopic (exact) mass is 245 g/mol. The first-order valence-electron chi connectivity index (χ1n) is 5.33. The van der Waals surface area contributed by atoms with Crippen molar-refractivity contribution >= 4 is 22.9 Å². The van der Waals surface area contributed by atoms with Crippen molar-refractivity contribution in [1.29, 1.82) is 0 Å². The molecule has 2 heterocycles. The van der Waals surface area contributed by atoms with Crippen LogP contribution in [-0.4, -0.2) is 28.2 Å². The number of piperidine rings is 1. The van der Waals surface area contributed by atoms with Crippen LogP contribution in [0.2, 0.25) is 4.47 Å². The van der Waals surface area contributed by atoms with E-state index in [1.54, 1.807) is 0 Å². The minimum atomic E-state index is 0.545. The molecule has 0 N–H and O–H groups in total. The molecule has 1 aliphatic rings. The zero-order chi connectivity index (χ0) is 10.8. The van der Waals surface area contributed by atoms with Crippen molar-refractivity contribution in [1.82, 2.24) is 15.1 Å². The Bertz CT molecular complexity index is 318. The lowest BCUT2D eigenvalue weighted by Gasteiger charge is -2.34. The maximum Gasteiger partial charge on any atom is 0.207 e. The van der Waals surface area contributed by atoms with Crippen LogP contribution in [0.1, 0.15) is 25.3 Å². The van der Waals surface area contributed by atoms with Crippen LogP contribution in [0.4, 0.5) is 0 Å². The molecule has 0 spiro atoms. The van der Waals surface area contributed by atoms with Gasteiger partial charge in [0, 0.05) is 13.1 Å². The maximum atomic E-state index is 5.76. The fourth-order valence-electron chi connectivity index (χ4n) is 2.41. The molecule has 2 atom stereocenters. The van der Waals surface area contributed by atoms with Gasteiger partial charge in [0.25, 0.3) is 0 Å². The highest BCUT2D eigenvalue weighted by molar-refractivity contribution is 7.15. The Kier molecular flexibility index (Phi) is 3.59. The van der Waals surface area contributed by atoms with Gasteiger partial charge in [0.2, 0.25) is 4.47 Å². The Hall–Kier alpha value is -0.190. The lowest BCUT2D eigenvalue weighted by molar-refractivity contribution is 0.134. The predicted molar refractivity (Wildman–Crippen MR) is 63.1 cm³/mol. The van der Waals surface area contributed by atoms with E-state index in [2.05, 4.69) is 28.9 Å². The van der Waals surface area contributed by atoms with Crippen molar-refractivity contribution < 1.29 is 0 Å². The molecule has 0 aliphatic carbocycles. The molecule has 1 aromatic rings. The fourth-order valence-corrected chi connectivity index (χ4v) is 3.32. The lowest BCUT2D eigenvalue weighted by Crippen LogP contribution is -2.38. The third-order valence-corrected chi connectivity index (χ3v) is 3.75. The van der Waals surface area contributed by atoms with Gasteiger partial charge < -0.3 is 0 Å². The van der Waals surface area contributed by atoms with E-state index >= 15 is 0 Å². The average Bonchev–Trinajstić information content (AvgIpc) is 2.49. The summed E-state index contributed by atoms with van der Waals surface area (Å²) in [5, 5.41) is 8.91. The summed E-state index contributed by atoms with van der Waals surface area (Å²) in [6, 6.07) is 0. The topological polar surface area (TPSA) is 29.0 Å². The molecule has 0 amide bonds. The number of hydrogen-bond acceptors (Lipinski definition) is 4. The van der Waals surface area contributed by atoms with E-state index in [9.17, 15) is 0 Å². The van der Waals surface area contributed by atoms with E-state index in [0.717, 1.165) is 23.4 Å². The van der Waals surface area contributed by atoms with Gasteiger partial charge in [-0.15, -0.1) is 10.2 Å². The number of aromatic nitrogens is 2. The molecule has 2 unspecified atom stereocenters. The Balaban J connectivity index is 1.94. The Morgan fingerprint density at radius 3 is 2.53 bits per heavy atom. The highest BCUT2D eigenvalue weighted by atomic mass is 35.5. The second-order valence-electron chi connectivity index (χ2n) is 4.59. The summed E-state index contributed by atoms with van der Waals surface area (Å²) >= 11 is 7.25. The van der Waals surface area contributed by atoms with Crippen molar-refractivity contribution in [2.24, 2.45) is 11.8 Å². The average molecular weight is 246 g/mol. The zero-order valence-corrected chi connectivity index (χ0v) is 10.7. The molecule has 1 aromatic heterocycles. The van der Waals surface area contributed by atoms with E-state index < -0.39 is 0 Å². The van der Waals surface area contributed by atoms with Gasteiger partial charge in [-0.2, -0.15) is 0 Å². The van der Waals surface area contributed by atoms with Gasteiger partial charge >= 0.3 is 0 Å². The summed E-state index contributed by atoms with van der Waals surface area (Å²) in [5.74, 6) is 1.58. The number of nitrogens with zero attached hydrogens (tertiary/aromatic N) is 3. The van der Waals surface area contributed by atoms with Crippen LogP contribution in [0, 0.1) is 11.8 Å². The molecule has 1 saturated heterocycles.